The van der Waals surface area contributed by atoms with Crippen LogP contribution in [0.3, 0.4) is 0 Å². The molecule has 156 valence electrons. The quantitative estimate of drug-likeness (QED) is 0.371. The number of esters is 1. The summed E-state index contributed by atoms with van der Waals surface area (Å²) < 4.78 is 5.70. The second-order valence-electron chi connectivity index (χ2n) is 6.47. The summed E-state index contributed by atoms with van der Waals surface area (Å²) in [5, 5.41) is 13.9. The highest BCUT2D eigenvalue weighted by Crippen LogP contribution is 2.28. The second-order valence-corrected chi connectivity index (χ2v) is 7.73. The van der Waals surface area contributed by atoms with E-state index in [1.165, 1.54) is 29.2 Å². The van der Waals surface area contributed by atoms with Crippen LogP contribution in [0, 0.1) is 16.0 Å². The van der Waals surface area contributed by atoms with Gasteiger partial charge in [0.2, 0.25) is 5.91 Å². The number of nitrogens with one attached hydrogen (secondary N) is 1. The van der Waals surface area contributed by atoms with Crippen LogP contribution in [0.1, 0.15) is 6.42 Å². The van der Waals surface area contributed by atoms with Crippen LogP contribution in [0.5, 0.6) is 0 Å². The first-order valence-corrected chi connectivity index (χ1v) is 9.88. The van der Waals surface area contributed by atoms with Gasteiger partial charge in [-0.1, -0.05) is 17.7 Å². The van der Waals surface area contributed by atoms with E-state index in [9.17, 15) is 24.5 Å². The molecule has 1 aliphatic rings. The highest BCUT2D eigenvalue weighted by Gasteiger charge is 2.36. The molecule has 0 spiro atoms. The van der Waals surface area contributed by atoms with E-state index < -0.39 is 29.3 Å². The van der Waals surface area contributed by atoms with Gasteiger partial charge in [-0.15, -0.1) is 0 Å². The zero-order valence-electron chi connectivity index (χ0n) is 15.3. The number of anilines is 2. The first-order valence-electron chi connectivity index (χ1n) is 8.71. The van der Waals surface area contributed by atoms with Gasteiger partial charge in [-0.05, 0) is 40.2 Å². The fourth-order valence-corrected chi connectivity index (χ4v) is 3.34. The number of halogens is 2. The minimum absolute atomic E-state index is 0.0166. The Balaban J connectivity index is 1.55. The molecule has 0 unspecified atom stereocenters. The van der Waals surface area contributed by atoms with Crippen LogP contribution in [-0.4, -0.2) is 35.9 Å². The molecule has 0 saturated carbocycles. The Hall–Kier alpha value is -2.98. The number of nitro benzene ring substituents is 1. The van der Waals surface area contributed by atoms with Crippen molar-refractivity contribution in [1.82, 2.24) is 0 Å². The predicted octanol–water partition coefficient (Wildman–Crippen LogP) is 3.55. The summed E-state index contributed by atoms with van der Waals surface area (Å²) in [6.45, 7) is -0.503. The maximum absolute atomic E-state index is 12.3. The van der Waals surface area contributed by atoms with E-state index in [-0.39, 0.29) is 24.6 Å². The van der Waals surface area contributed by atoms with Crippen molar-refractivity contribution in [2.45, 2.75) is 6.42 Å². The van der Waals surface area contributed by atoms with Gasteiger partial charge in [-0.3, -0.25) is 24.5 Å². The molecule has 0 bridgehead atoms. The zero-order valence-corrected chi connectivity index (χ0v) is 17.7. The summed E-state index contributed by atoms with van der Waals surface area (Å²) in [6.07, 6.45) is -0.106. The number of nitro groups is 1. The Bertz CT molecular complexity index is 1030. The fourth-order valence-electron chi connectivity index (χ4n) is 2.91. The first kappa shape index (κ1) is 21.7. The van der Waals surface area contributed by atoms with Crippen LogP contribution < -0.4 is 10.2 Å². The van der Waals surface area contributed by atoms with Crippen molar-refractivity contribution in [3.63, 3.8) is 0 Å². The second kappa shape index (κ2) is 9.23. The van der Waals surface area contributed by atoms with E-state index in [0.29, 0.717) is 20.9 Å². The topological polar surface area (TPSA) is 119 Å². The SMILES string of the molecule is O=C(COC(=O)[C@@H]1CC(=O)N(c2cccc([N+](=O)[O-])c2)C1)Nc1ccc(Br)c(Cl)c1. The number of nitrogens with zero attached hydrogens (tertiary/aromatic N) is 2. The summed E-state index contributed by atoms with van der Waals surface area (Å²) in [5.41, 5.74) is 0.613. The average molecular weight is 497 g/mol. The molecule has 1 aliphatic heterocycles. The predicted molar refractivity (Wildman–Crippen MR) is 112 cm³/mol. The highest BCUT2D eigenvalue weighted by atomic mass is 79.9. The molecular weight excluding hydrogens is 482 g/mol. The molecule has 1 N–H and O–H groups in total. The molecule has 2 amide bonds. The lowest BCUT2D eigenvalue weighted by molar-refractivity contribution is -0.384. The molecule has 1 atom stereocenters. The molecule has 2 aromatic carbocycles. The van der Waals surface area contributed by atoms with Gasteiger partial charge in [0.05, 0.1) is 21.6 Å². The molecule has 30 heavy (non-hydrogen) atoms. The molecule has 1 fully saturated rings. The number of benzene rings is 2. The van der Waals surface area contributed by atoms with E-state index in [0.717, 1.165) is 0 Å². The van der Waals surface area contributed by atoms with Gasteiger partial charge >= 0.3 is 5.97 Å². The lowest BCUT2D eigenvalue weighted by Crippen LogP contribution is -2.28. The Kier molecular flexibility index (Phi) is 6.68. The van der Waals surface area contributed by atoms with Crippen molar-refractivity contribution in [2.24, 2.45) is 5.92 Å². The van der Waals surface area contributed by atoms with E-state index in [1.54, 1.807) is 18.2 Å². The van der Waals surface area contributed by atoms with Crippen LogP contribution >= 0.6 is 27.5 Å². The van der Waals surface area contributed by atoms with Crippen molar-refractivity contribution in [3.8, 4) is 0 Å². The maximum Gasteiger partial charge on any atom is 0.311 e. The highest BCUT2D eigenvalue weighted by molar-refractivity contribution is 9.10. The third-order valence-corrected chi connectivity index (χ3v) is 5.59. The molecule has 3 rings (SSSR count). The minimum atomic E-state index is -0.772. The largest absolute Gasteiger partial charge is 0.455 e. The summed E-state index contributed by atoms with van der Waals surface area (Å²) in [7, 11) is 0. The Morgan fingerprint density at radius 1 is 1.30 bits per heavy atom. The molecule has 1 heterocycles. The molecule has 9 nitrogen and oxygen atoms in total. The summed E-state index contributed by atoms with van der Waals surface area (Å²) in [6, 6.07) is 10.4. The number of rotatable bonds is 6. The fraction of sp³-hybridized carbons (Fsp3) is 0.211. The van der Waals surface area contributed by atoms with Gasteiger partial charge in [-0.2, -0.15) is 0 Å². The van der Waals surface area contributed by atoms with Crippen molar-refractivity contribution in [3.05, 3.63) is 62.1 Å². The molecule has 0 aliphatic carbocycles. The van der Waals surface area contributed by atoms with Gasteiger partial charge in [-0.25, -0.2) is 0 Å². The molecule has 2 aromatic rings. The van der Waals surface area contributed by atoms with E-state index in [2.05, 4.69) is 21.2 Å². The number of hydrogen-bond donors (Lipinski definition) is 1. The number of non-ortho nitro benzene ring substituents is 1. The normalized spacial score (nSPS) is 15.7. The van der Waals surface area contributed by atoms with Crippen LogP contribution in [0.25, 0.3) is 0 Å². The first-order chi connectivity index (χ1) is 14.2. The van der Waals surface area contributed by atoms with Crippen molar-refractivity contribution in [2.75, 3.05) is 23.4 Å². The molecule has 0 radical (unpaired) electrons. The third-order valence-electron chi connectivity index (χ3n) is 4.36. The Labute approximate surface area is 184 Å². The maximum atomic E-state index is 12.3. The molecular formula is C19H15BrClN3O6. The van der Waals surface area contributed by atoms with E-state index in [1.807, 2.05) is 0 Å². The van der Waals surface area contributed by atoms with E-state index >= 15 is 0 Å². The molecule has 0 aromatic heterocycles. The summed E-state index contributed by atoms with van der Waals surface area (Å²) in [4.78, 5) is 48.2. The monoisotopic (exact) mass is 495 g/mol. The van der Waals surface area contributed by atoms with Gasteiger partial charge in [0.25, 0.3) is 11.6 Å². The lowest BCUT2D eigenvalue weighted by atomic mass is 10.1. The molecule has 1 saturated heterocycles. The van der Waals surface area contributed by atoms with E-state index in [4.69, 9.17) is 16.3 Å². The van der Waals surface area contributed by atoms with Crippen LogP contribution in [0.4, 0.5) is 17.1 Å². The standard InChI is InChI=1S/C19H15BrClN3O6/c20-15-5-4-12(7-16(15)21)22-17(25)10-30-19(27)11-6-18(26)23(9-11)13-2-1-3-14(8-13)24(28)29/h1-5,7-8,11H,6,9-10H2,(H,22,25)/t11-/m1/s1. The smallest absolute Gasteiger partial charge is 0.311 e. The number of hydrogen-bond acceptors (Lipinski definition) is 6. The van der Waals surface area contributed by atoms with Crippen molar-refractivity contribution in [1.29, 1.82) is 0 Å². The Morgan fingerprint density at radius 2 is 2.07 bits per heavy atom. The van der Waals surface area contributed by atoms with Crippen molar-refractivity contribution < 1.29 is 24.0 Å². The average Bonchev–Trinajstić information content (AvgIpc) is 3.11. The van der Waals surface area contributed by atoms with Gasteiger partial charge < -0.3 is 15.0 Å². The number of ether oxygens (including phenoxy) is 1. The minimum Gasteiger partial charge on any atom is -0.455 e. The summed E-state index contributed by atoms with van der Waals surface area (Å²) in [5.74, 6) is -2.38. The summed E-state index contributed by atoms with van der Waals surface area (Å²) >= 11 is 9.20. The third kappa shape index (κ3) is 5.14. The van der Waals surface area contributed by atoms with Gasteiger partial charge in [0, 0.05) is 35.3 Å². The Morgan fingerprint density at radius 3 is 2.77 bits per heavy atom. The number of amides is 2. The van der Waals surface area contributed by atoms with Crippen LogP contribution in [0.15, 0.2) is 46.9 Å². The van der Waals surface area contributed by atoms with Gasteiger partial charge in [0.15, 0.2) is 6.61 Å². The number of carbonyl (C=O) groups excluding carboxylic acids is 3. The zero-order chi connectivity index (χ0) is 21.8. The number of carbonyl (C=O) groups is 3. The molecule has 11 heteroatoms. The van der Waals surface area contributed by atoms with Crippen LogP contribution in [-0.2, 0) is 19.1 Å². The van der Waals surface area contributed by atoms with Crippen molar-refractivity contribution >= 4 is 62.4 Å². The lowest BCUT2D eigenvalue weighted by Gasteiger charge is -2.16. The van der Waals surface area contributed by atoms with Crippen LogP contribution in [0.2, 0.25) is 5.02 Å². The van der Waals surface area contributed by atoms with Gasteiger partial charge in [0.1, 0.15) is 0 Å².